The van der Waals surface area contributed by atoms with Gasteiger partial charge in [0.15, 0.2) is 0 Å². The average molecular weight is 578 g/mol. The van der Waals surface area contributed by atoms with E-state index in [2.05, 4.69) is 91.2 Å². The van der Waals surface area contributed by atoms with Crippen LogP contribution >= 0.6 is 0 Å². The number of aromatic nitrogens is 2. The number of fused-ring (bicyclic) bond motifs is 4. The maximum atomic E-state index is 4.96. The normalized spacial score (nSPS) is 13.5. The SMILES string of the molecule is CC1(C)c2ccccc2-c2ccc(-n3c(-c4[c-]cccc4)nc4ccccc43)cc21.[Ir]. The average Bonchev–Trinajstić information content (AvgIpc) is 3.28. The topological polar surface area (TPSA) is 17.8 Å². The van der Waals surface area contributed by atoms with Crippen molar-refractivity contribution < 1.29 is 20.1 Å². The van der Waals surface area contributed by atoms with Gasteiger partial charge >= 0.3 is 0 Å². The van der Waals surface area contributed by atoms with E-state index in [-0.39, 0.29) is 25.5 Å². The van der Waals surface area contributed by atoms with Crippen molar-refractivity contribution >= 4 is 11.0 Å². The first kappa shape index (κ1) is 19.9. The Morgan fingerprint density at radius 3 is 2.35 bits per heavy atom. The number of imidazole rings is 1. The van der Waals surface area contributed by atoms with E-state index in [4.69, 9.17) is 4.98 Å². The van der Waals surface area contributed by atoms with Crippen LogP contribution in [0, 0.1) is 6.07 Å². The molecule has 6 rings (SSSR count). The molecular weight excluding hydrogens is 557 g/mol. The van der Waals surface area contributed by atoms with Gasteiger partial charge in [-0.1, -0.05) is 56.3 Å². The van der Waals surface area contributed by atoms with Gasteiger partial charge in [0.25, 0.3) is 0 Å². The minimum Gasteiger partial charge on any atom is -0.333 e. The van der Waals surface area contributed by atoms with Crippen molar-refractivity contribution in [3.05, 3.63) is 108 Å². The van der Waals surface area contributed by atoms with Gasteiger partial charge in [-0.05, 0) is 46.5 Å². The van der Waals surface area contributed by atoms with E-state index in [1.165, 1.54) is 22.3 Å². The predicted molar refractivity (Wildman–Crippen MR) is 123 cm³/mol. The molecule has 1 aliphatic rings. The fraction of sp³-hybridized carbons (Fsp3) is 0.107. The fourth-order valence-corrected chi connectivity index (χ4v) is 4.83. The second-order valence-corrected chi connectivity index (χ2v) is 8.44. The van der Waals surface area contributed by atoms with E-state index in [1.807, 2.05) is 24.3 Å². The smallest absolute Gasteiger partial charge is 0.0774 e. The fourth-order valence-electron chi connectivity index (χ4n) is 4.83. The second kappa shape index (κ2) is 7.30. The van der Waals surface area contributed by atoms with Gasteiger partial charge in [0.2, 0.25) is 0 Å². The molecule has 0 aliphatic heterocycles. The number of nitrogens with zero attached hydrogens (tertiary/aromatic N) is 2. The first-order valence-electron chi connectivity index (χ1n) is 10.3. The van der Waals surface area contributed by atoms with Crippen molar-refractivity contribution in [2.45, 2.75) is 19.3 Å². The minimum absolute atomic E-state index is 0. The molecule has 153 valence electrons. The van der Waals surface area contributed by atoms with Crippen molar-refractivity contribution in [3.63, 3.8) is 0 Å². The first-order valence-corrected chi connectivity index (χ1v) is 10.3. The second-order valence-electron chi connectivity index (χ2n) is 8.44. The molecule has 31 heavy (non-hydrogen) atoms. The van der Waals surface area contributed by atoms with E-state index in [0.29, 0.717) is 0 Å². The van der Waals surface area contributed by atoms with Crippen LogP contribution in [0.1, 0.15) is 25.0 Å². The van der Waals surface area contributed by atoms with Crippen LogP contribution in [0.15, 0.2) is 91.0 Å². The zero-order valence-electron chi connectivity index (χ0n) is 17.4. The van der Waals surface area contributed by atoms with Gasteiger partial charge in [-0.25, -0.2) is 0 Å². The molecule has 4 aromatic carbocycles. The largest absolute Gasteiger partial charge is 0.333 e. The van der Waals surface area contributed by atoms with Gasteiger partial charge in [0.1, 0.15) is 0 Å². The number of para-hydroxylation sites is 2. The number of rotatable bonds is 2. The molecule has 1 aliphatic carbocycles. The molecule has 0 fully saturated rings. The summed E-state index contributed by atoms with van der Waals surface area (Å²) in [5.74, 6) is 0.921. The van der Waals surface area contributed by atoms with Crippen LogP contribution in [-0.4, -0.2) is 9.55 Å². The van der Waals surface area contributed by atoms with Crippen LogP contribution < -0.4 is 0 Å². The molecule has 0 N–H and O–H groups in total. The zero-order valence-corrected chi connectivity index (χ0v) is 19.8. The summed E-state index contributed by atoms with van der Waals surface area (Å²) in [6, 6.07) is 35.3. The predicted octanol–water partition coefficient (Wildman–Crippen LogP) is 6.80. The summed E-state index contributed by atoms with van der Waals surface area (Å²) in [4.78, 5) is 4.96. The molecule has 0 saturated carbocycles. The third kappa shape index (κ3) is 2.92. The van der Waals surface area contributed by atoms with E-state index >= 15 is 0 Å². The number of hydrogen-bond donors (Lipinski definition) is 0. The molecule has 0 bridgehead atoms. The molecule has 0 spiro atoms. The number of benzene rings is 4. The Labute approximate surface area is 195 Å². The monoisotopic (exact) mass is 578 g/mol. The first-order chi connectivity index (χ1) is 14.6. The van der Waals surface area contributed by atoms with Gasteiger partial charge in [0, 0.05) is 31.2 Å². The molecule has 0 amide bonds. The van der Waals surface area contributed by atoms with Crippen LogP contribution in [0.4, 0.5) is 0 Å². The van der Waals surface area contributed by atoms with Gasteiger partial charge in [-0.15, -0.1) is 35.9 Å². The Bertz CT molecular complexity index is 1410. The molecule has 1 radical (unpaired) electrons. The molecule has 3 heteroatoms. The molecule has 0 unspecified atom stereocenters. The van der Waals surface area contributed by atoms with Crippen LogP contribution in [0.25, 0.3) is 39.2 Å². The minimum atomic E-state index is -0.0304. The third-order valence-corrected chi connectivity index (χ3v) is 6.34. The summed E-state index contributed by atoms with van der Waals surface area (Å²) in [6.45, 7) is 4.64. The molecule has 1 aromatic heterocycles. The van der Waals surface area contributed by atoms with Crippen molar-refractivity contribution in [3.8, 4) is 28.2 Å². The van der Waals surface area contributed by atoms with E-state index in [1.54, 1.807) is 0 Å². The quantitative estimate of drug-likeness (QED) is 0.211. The van der Waals surface area contributed by atoms with Crippen molar-refractivity contribution in [1.82, 2.24) is 9.55 Å². The van der Waals surface area contributed by atoms with Crippen LogP contribution in [0.5, 0.6) is 0 Å². The van der Waals surface area contributed by atoms with Gasteiger partial charge in [-0.3, -0.25) is 4.98 Å². The molecule has 0 atom stereocenters. The molecule has 5 aromatic rings. The van der Waals surface area contributed by atoms with Gasteiger partial charge < -0.3 is 4.57 Å². The molecular formula is C28H21IrN2-. The molecule has 2 nitrogen and oxygen atoms in total. The Morgan fingerprint density at radius 2 is 1.52 bits per heavy atom. The third-order valence-electron chi connectivity index (χ3n) is 6.34. The van der Waals surface area contributed by atoms with Crippen LogP contribution in [-0.2, 0) is 25.5 Å². The van der Waals surface area contributed by atoms with E-state index in [0.717, 1.165) is 28.1 Å². The summed E-state index contributed by atoms with van der Waals surface area (Å²) in [5.41, 5.74) is 9.63. The summed E-state index contributed by atoms with van der Waals surface area (Å²) in [6.07, 6.45) is 0. The van der Waals surface area contributed by atoms with Crippen molar-refractivity contribution in [2.75, 3.05) is 0 Å². The Kier molecular flexibility index (Phi) is 4.69. The van der Waals surface area contributed by atoms with Gasteiger partial charge in [-0.2, -0.15) is 0 Å². The summed E-state index contributed by atoms with van der Waals surface area (Å²) in [7, 11) is 0. The standard InChI is InChI=1S/C28H21N2.Ir/c1-28(2)23-13-7-6-12-21(23)22-17-16-20(18-24(22)28)30-26-15-9-8-14-25(26)29-27(30)19-10-4-3-5-11-19;/h3-10,12-18H,1-2H3;/q-1;. The van der Waals surface area contributed by atoms with Crippen LogP contribution in [0.3, 0.4) is 0 Å². The van der Waals surface area contributed by atoms with E-state index in [9.17, 15) is 0 Å². The maximum Gasteiger partial charge on any atom is 0.0774 e. The molecule has 1 heterocycles. The van der Waals surface area contributed by atoms with Crippen LogP contribution in [0.2, 0.25) is 0 Å². The summed E-state index contributed by atoms with van der Waals surface area (Å²) >= 11 is 0. The summed E-state index contributed by atoms with van der Waals surface area (Å²) < 4.78 is 2.26. The molecule has 0 saturated heterocycles. The summed E-state index contributed by atoms with van der Waals surface area (Å²) in [5, 5.41) is 0. The van der Waals surface area contributed by atoms with Crippen molar-refractivity contribution in [2.24, 2.45) is 0 Å². The maximum absolute atomic E-state index is 4.96. The van der Waals surface area contributed by atoms with Crippen molar-refractivity contribution in [1.29, 1.82) is 0 Å². The zero-order chi connectivity index (χ0) is 20.3. The number of hydrogen-bond acceptors (Lipinski definition) is 1. The van der Waals surface area contributed by atoms with E-state index < -0.39 is 0 Å². The Morgan fingerprint density at radius 1 is 0.774 bits per heavy atom. The van der Waals surface area contributed by atoms with Gasteiger partial charge in [0.05, 0.1) is 16.9 Å². The Balaban J connectivity index is 0.00000204. The Hall–Kier alpha value is -3.00.